The maximum Gasteiger partial charge on any atom is 0.0542 e. The van der Waals surface area contributed by atoms with Crippen molar-refractivity contribution in [1.82, 2.24) is 4.57 Å². The molecule has 11 aromatic carbocycles. The SMILES string of the molecule is c1ccc(N(c2ccccc2)c2ccc(-n3c4ccc(N(c5ccccc5)c5ccc6ccccc6c5)cc4c4cc(N(c5ccccc5)c5ccc6ccccc6c5)ccc43)cc2)cc1. The fraction of sp³-hybridized carbons (Fsp3) is 0. The Hall–Kier alpha value is -8.86. The Morgan fingerprint density at radius 1 is 0.212 bits per heavy atom. The van der Waals surface area contributed by atoms with Gasteiger partial charge in [-0.1, -0.05) is 133 Å². The number of nitrogens with zero attached hydrogens (tertiary/aromatic N) is 4. The summed E-state index contributed by atoms with van der Waals surface area (Å²) in [7, 11) is 0. The van der Waals surface area contributed by atoms with Crippen LogP contribution in [0.2, 0.25) is 0 Å². The molecule has 0 aliphatic rings. The molecule has 0 radical (unpaired) electrons. The van der Waals surface area contributed by atoms with Crippen molar-refractivity contribution >= 4 is 94.5 Å². The lowest BCUT2D eigenvalue weighted by Gasteiger charge is -2.26. The van der Waals surface area contributed by atoms with E-state index in [9.17, 15) is 0 Å². The highest BCUT2D eigenvalue weighted by Crippen LogP contribution is 2.44. The summed E-state index contributed by atoms with van der Waals surface area (Å²) >= 11 is 0. The quantitative estimate of drug-likeness (QED) is 0.136. The van der Waals surface area contributed by atoms with Crippen molar-refractivity contribution in [3.63, 3.8) is 0 Å². The standard InChI is InChI=1S/C62H44N4/c1-5-21-49(22-6-1)63(50-23-7-2-8-24-50)53-33-35-54(36-34-53)66-61-39-37-57(64(51-25-9-3-10-26-51)55-31-29-45-17-13-15-19-47(45)41-55)43-59(61)60-44-58(38-40-62(60)66)65(52-27-11-4-12-28-52)56-32-30-46-18-14-16-20-48(46)42-56/h1-44H. The van der Waals surface area contributed by atoms with Gasteiger partial charge in [-0.2, -0.15) is 0 Å². The lowest BCUT2D eigenvalue weighted by atomic mass is 10.1. The number of fused-ring (bicyclic) bond motifs is 5. The van der Waals surface area contributed by atoms with Crippen LogP contribution in [0.25, 0.3) is 49.0 Å². The van der Waals surface area contributed by atoms with Gasteiger partial charge < -0.3 is 19.3 Å². The van der Waals surface area contributed by atoms with Crippen LogP contribution in [-0.2, 0) is 0 Å². The van der Waals surface area contributed by atoms with Crippen molar-refractivity contribution in [2.24, 2.45) is 0 Å². The molecule has 0 N–H and O–H groups in total. The van der Waals surface area contributed by atoms with Gasteiger partial charge in [-0.15, -0.1) is 0 Å². The fourth-order valence-corrected chi connectivity index (χ4v) is 9.59. The molecule has 1 aromatic heterocycles. The molecule has 0 fully saturated rings. The van der Waals surface area contributed by atoms with E-state index in [1.165, 1.54) is 21.5 Å². The molecule has 0 unspecified atom stereocenters. The van der Waals surface area contributed by atoms with Crippen molar-refractivity contribution in [3.05, 3.63) is 267 Å². The second kappa shape index (κ2) is 16.7. The van der Waals surface area contributed by atoms with Crippen LogP contribution in [0.5, 0.6) is 0 Å². The molecule has 0 aliphatic carbocycles. The van der Waals surface area contributed by atoms with Gasteiger partial charge in [0.05, 0.1) is 11.0 Å². The molecule has 0 saturated heterocycles. The van der Waals surface area contributed by atoms with Gasteiger partial charge in [0.15, 0.2) is 0 Å². The lowest BCUT2D eigenvalue weighted by molar-refractivity contribution is 1.17. The highest BCUT2D eigenvalue weighted by molar-refractivity contribution is 6.12. The summed E-state index contributed by atoms with van der Waals surface area (Å²) in [6.45, 7) is 0. The first-order valence-electron chi connectivity index (χ1n) is 22.5. The van der Waals surface area contributed by atoms with Gasteiger partial charge in [-0.05, 0) is 155 Å². The van der Waals surface area contributed by atoms with Crippen molar-refractivity contribution < 1.29 is 0 Å². The molecular weight excluding hydrogens is 801 g/mol. The van der Waals surface area contributed by atoms with E-state index in [2.05, 4.69) is 286 Å². The number of rotatable bonds is 10. The molecule has 12 rings (SSSR count). The van der Waals surface area contributed by atoms with Gasteiger partial charge in [0.2, 0.25) is 0 Å². The maximum absolute atomic E-state index is 2.42. The van der Waals surface area contributed by atoms with Crippen molar-refractivity contribution in [2.75, 3.05) is 14.7 Å². The summed E-state index contributed by atoms with van der Waals surface area (Å²) in [5, 5.41) is 7.17. The first kappa shape index (κ1) is 38.8. The van der Waals surface area contributed by atoms with Gasteiger partial charge in [-0.25, -0.2) is 0 Å². The summed E-state index contributed by atoms with van der Waals surface area (Å²) in [5.41, 5.74) is 13.2. The minimum absolute atomic E-state index is 1.08. The van der Waals surface area contributed by atoms with E-state index in [0.717, 1.165) is 78.7 Å². The molecule has 0 amide bonds. The second-order valence-corrected chi connectivity index (χ2v) is 16.7. The molecule has 4 nitrogen and oxygen atoms in total. The molecule has 66 heavy (non-hydrogen) atoms. The van der Waals surface area contributed by atoms with Crippen LogP contribution in [-0.4, -0.2) is 4.57 Å². The molecular formula is C62H44N4. The largest absolute Gasteiger partial charge is 0.311 e. The first-order chi connectivity index (χ1) is 32.7. The Morgan fingerprint density at radius 3 is 0.894 bits per heavy atom. The normalized spacial score (nSPS) is 11.3. The molecule has 1 heterocycles. The number of hydrogen-bond donors (Lipinski definition) is 0. The van der Waals surface area contributed by atoms with Crippen LogP contribution in [0, 0.1) is 0 Å². The molecule has 0 bridgehead atoms. The monoisotopic (exact) mass is 844 g/mol. The number of aromatic nitrogens is 1. The summed E-state index contributed by atoms with van der Waals surface area (Å²) < 4.78 is 2.42. The van der Waals surface area contributed by atoms with Crippen LogP contribution in [0.15, 0.2) is 267 Å². The van der Waals surface area contributed by atoms with Crippen molar-refractivity contribution in [3.8, 4) is 5.69 Å². The van der Waals surface area contributed by atoms with E-state index in [1.54, 1.807) is 0 Å². The minimum atomic E-state index is 1.08. The zero-order valence-electron chi connectivity index (χ0n) is 36.2. The van der Waals surface area contributed by atoms with E-state index in [0.29, 0.717) is 0 Å². The van der Waals surface area contributed by atoms with E-state index in [-0.39, 0.29) is 0 Å². The fourth-order valence-electron chi connectivity index (χ4n) is 9.59. The highest BCUT2D eigenvalue weighted by atomic mass is 15.2. The van der Waals surface area contributed by atoms with Crippen molar-refractivity contribution in [2.45, 2.75) is 0 Å². The maximum atomic E-state index is 2.42. The average molecular weight is 845 g/mol. The number of anilines is 9. The molecule has 4 heteroatoms. The van der Waals surface area contributed by atoms with E-state index in [4.69, 9.17) is 0 Å². The third kappa shape index (κ3) is 7.08. The number of benzene rings is 11. The topological polar surface area (TPSA) is 14.7 Å². The highest BCUT2D eigenvalue weighted by Gasteiger charge is 2.21. The van der Waals surface area contributed by atoms with E-state index >= 15 is 0 Å². The van der Waals surface area contributed by atoms with Gasteiger partial charge >= 0.3 is 0 Å². The molecule has 312 valence electrons. The molecule has 0 aliphatic heterocycles. The van der Waals surface area contributed by atoms with Crippen molar-refractivity contribution in [1.29, 1.82) is 0 Å². The summed E-state index contributed by atoms with van der Waals surface area (Å²) in [6.07, 6.45) is 0. The van der Waals surface area contributed by atoms with Crippen LogP contribution >= 0.6 is 0 Å². The second-order valence-electron chi connectivity index (χ2n) is 16.7. The molecule has 0 saturated carbocycles. The zero-order valence-corrected chi connectivity index (χ0v) is 36.2. The third-order valence-electron chi connectivity index (χ3n) is 12.7. The van der Waals surface area contributed by atoms with Crippen LogP contribution < -0.4 is 14.7 Å². The van der Waals surface area contributed by atoms with Crippen LogP contribution in [0.1, 0.15) is 0 Å². The molecule has 0 atom stereocenters. The van der Waals surface area contributed by atoms with Crippen LogP contribution in [0.4, 0.5) is 51.2 Å². The van der Waals surface area contributed by atoms with Crippen LogP contribution in [0.3, 0.4) is 0 Å². The molecule has 0 spiro atoms. The first-order valence-corrected chi connectivity index (χ1v) is 22.5. The predicted molar refractivity (Wildman–Crippen MR) is 280 cm³/mol. The third-order valence-corrected chi connectivity index (χ3v) is 12.7. The lowest BCUT2D eigenvalue weighted by Crippen LogP contribution is -2.10. The minimum Gasteiger partial charge on any atom is -0.311 e. The van der Waals surface area contributed by atoms with E-state index in [1.807, 2.05) is 0 Å². The Kier molecular flexibility index (Phi) is 9.81. The zero-order chi connectivity index (χ0) is 43.8. The predicted octanol–water partition coefficient (Wildman–Crippen LogP) is 17.5. The van der Waals surface area contributed by atoms with Gasteiger partial charge in [0, 0.05) is 67.6 Å². The number of hydrogen-bond acceptors (Lipinski definition) is 3. The summed E-state index contributed by atoms with van der Waals surface area (Å²) in [4.78, 5) is 7.06. The Bertz CT molecular complexity index is 3420. The van der Waals surface area contributed by atoms with Gasteiger partial charge in [0.25, 0.3) is 0 Å². The number of para-hydroxylation sites is 4. The van der Waals surface area contributed by atoms with E-state index < -0.39 is 0 Å². The Balaban J connectivity index is 1.07. The summed E-state index contributed by atoms with van der Waals surface area (Å²) in [5.74, 6) is 0. The smallest absolute Gasteiger partial charge is 0.0542 e. The van der Waals surface area contributed by atoms with Gasteiger partial charge in [0.1, 0.15) is 0 Å². The Labute approximate surface area is 384 Å². The molecule has 12 aromatic rings. The summed E-state index contributed by atoms with van der Waals surface area (Å²) in [6, 6.07) is 96.1. The Morgan fingerprint density at radius 2 is 0.500 bits per heavy atom. The average Bonchev–Trinajstić information content (AvgIpc) is 3.71. The van der Waals surface area contributed by atoms with Gasteiger partial charge in [-0.3, -0.25) is 0 Å².